The number of aromatic nitrogens is 2. The Hall–Kier alpha value is -3.08. The molecule has 1 heterocycles. The van der Waals surface area contributed by atoms with Gasteiger partial charge in [0.15, 0.2) is 6.29 Å². The first-order valence-corrected chi connectivity index (χ1v) is 7.26. The van der Waals surface area contributed by atoms with Crippen molar-refractivity contribution in [2.75, 3.05) is 0 Å². The smallest absolute Gasteiger partial charge is 0.281 e. The summed E-state index contributed by atoms with van der Waals surface area (Å²) in [4.78, 5) is 23.5. The molecule has 1 N–H and O–H groups in total. The van der Waals surface area contributed by atoms with Gasteiger partial charge in [0.2, 0.25) is 5.88 Å². The summed E-state index contributed by atoms with van der Waals surface area (Å²) in [5.41, 5.74) is 1.14. The van der Waals surface area contributed by atoms with Crippen LogP contribution in [0.25, 0.3) is 0 Å². The minimum Gasteiger partial charge on any atom is -0.493 e. The van der Waals surface area contributed by atoms with Gasteiger partial charge >= 0.3 is 0 Å². The van der Waals surface area contributed by atoms with Gasteiger partial charge in [-0.1, -0.05) is 60.7 Å². The summed E-state index contributed by atoms with van der Waals surface area (Å²) in [5, 5.41) is 10.2. The van der Waals surface area contributed by atoms with Crippen molar-refractivity contribution in [3.8, 4) is 5.88 Å². The number of hydrogen-bond donors (Lipinski definition) is 1. The van der Waals surface area contributed by atoms with Crippen LogP contribution in [-0.4, -0.2) is 20.8 Å². The topological polar surface area (TPSA) is 64.2 Å². The van der Waals surface area contributed by atoms with Gasteiger partial charge in [0, 0.05) is 0 Å². The van der Waals surface area contributed by atoms with Crippen molar-refractivity contribution >= 4 is 6.29 Å². The van der Waals surface area contributed by atoms with E-state index in [2.05, 4.69) is 0 Å². The minimum absolute atomic E-state index is 0.211. The molecule has 0 amide bonds. The van der Waals surface area contributed by atoms with Gasteiger partial charge < -0.3 is 5.11 Å². The first-order valence-electron chi connectivity index (χ1n) is 7.26. The van der Waals surface area contributed by atoms with Gasteiger partial charge in [-0.2, -0.15) is 0 Å². The lowest BCUT2D eigenvalue weighted by atomic mass is 10.2. The highest BCUT2D eigenvalue weighted by Crippen LogP contribution is 2.16. The summed E-state index contributed by atoms with van der Waals surface area (Å²) in [6, 6.07) is 18.9. The van der Waals surface area contributed by atoms with Crippen LogP contribution < -0.4 is 5.56 Å². The Morgan fingerprint density at radius 2 is 1.30 bits per heavy atom. The Bertz CT molecular complexity index is 865. The van der Waals surface area contributed by atoms with E-state index in [1.165, 1.54) is 9.36 Å². The molecule has 116 valence electrons. The summed E-state index contributed by atoms with van der Waals surface area (Å²) in [5.74, 6) is -0.301. The molecule has 0 bridgehead atoms. The number of rotatable bonds is 5. The quantitative estimate of drug-likeness (QED) is 0.735. The SMILES string of the molecule is O=Cc1c(O)n(Cc2ccccc2)n(Cc2ccccc2)c1=O. The second-order valence-corrected chi connectivity index (χ2v) is 5.25. The number of aromatic hydroxyl groups is 1. The molecule has 0 spiro atoms. The number of hydrogen-bond acceptors (Lipinski definition) is 3. The van der Waals surface area contributed by atoms with Crippen molar-refractivity contribution in [2.24, 2.45) is 0 Å². The van der Waals surface area contributed by atoms with Gasteiger partial charge in [0.1, 0.15) is 5.56 Å². The van der Waals surface area contributed by atoms with Gasteiger partial charge in [-0.25, -0.2) is 9.36 Å². The largest absolute Gasteiger partial charge is 0.493 e. The Kier molecular flexibility index (Phi) is 4.10. The molecule has 23 heavy (non-hydrogen) atoms. The Balaban J connectivity index is 2.06. The molecule has 2 aromatic carbocycles. The maximum atomic E-state index is 12.4. The molecule has 0 saturated heterocycles. The summed E-state index contributed by atoms with van der Waals surface area (Å²) in [7, 11) is 0. The van der Waals surface area contributed by atoms with E-state index in [4.69, 9.17) is 0 Å². The van der Waals surface area contributed by atoms with Crippen LogP contribution >= 0.6 is 0 Å². The number of carbonyl (C=O) groups is 1. The van der Waals surface area contributed by atoms with Gasteiger partial charge in [-0.15, -0.1) is 0 Å². The van der Waals surface area contributed by atoms with Crippen LogP contribution in [0.4, 0.5) is 0 Å². The van der Waals surface area contributed by atoms with Crippen molar-refractivity contribution in [1.29, 1.82) is 0 Å². The fourth-order valence-corrected chi connectivity index (χ4v) is 2.53. The highest BCUT2D eigenvalue weighted by atomic mass is 16.3. The third-order valence-electron chi connectivity index (χ3n) is 3.71. The number of nitrogens with zero attached hydrogens (tertiary/aromatic N) is 2. The van der Waals surface area contributed by atoms with Crippen molar-refractivity contribution in [3.05, 3.63) is 87.7 Å². The molecule has 3 aromatic rings. The molecular weight excluding hydrogens is 292 g/mol. The van der Waals surface area contributed by atoms with E-state index in [1.54, 1.807) is 0 Å². The number of benzene rings is 2. The zero-order valence-corrected chi connectivity index (χ0v) is 12.4. The molecule has 5 nitrogen and oxygen atoms in total. The Morgan fingerprint density at radius 3 is 1.78 bits per heavy atom. The van der Waals surface area contributed by atoms with E-state index in [9.17, 15) is 14.7 Å². The molecule has 0 unspecified atom stereocenters. The lowest BCUT2D eigenvalue weighted by Gasteiger charge is -2.12. The molecule has 5 heteroatoms. The molecule has 0 radical (unpaired) electrons. The third-order valence-corrected chi connectivity index (χ3v) is 3.71. The van der Waals surface area contributed by atoms with Crippen LogP contribution in [0.2, 0.25) is 0 Å². The van der Waals surface area contributed by atoms with Crippen LogP contribution in [0, 0.1) is 0 Å². The number of carbonyl (C=O) groups excluding carboxylic acids is 1. The van der Waals surface area contributed by atoms with Gasteiger partial charge in [0.25, 0.3) is 5.56 Å². The first kappa shape index (κ1) is 14.8. The fraction of sp³-hybridized carbons (Fsp3) is 0.111. The highest BCUT2D eigenvalue weighted by Gasteiger charge is 2.19. The van der Waals surface area contributed by atoms with Gasteiger partial charge in [-0.05, 0) is 11.1 Å². The molecule has 0 aliphatic rings. The van der Waals surface area contributed by atoms with Crippen molar-refractivity contribution < 1.29 is 9.90 Å². The molecule has 0 aliphatic heterocycles. The van der Waals surface area contributed by atoms with E-state index < -0.39 is 5.56 Å². The van der Waals surface area contributed by atoms with E-state index in [1.807, 2.05) is 60.7 Å². The van der Waals surface area contributed by atoms with Crippen LogP contribution in [0.15, 0.2) is 65.5 Å². The maximum absolute atomic E-state index is 12.4. The fourth-order valence-electron chi connectivity index (χ4n) is 2.53. The van der Waals surface area contributed by atoms with Crippen LogP contribution in [0.1, 0.15) is 21.5 Å². The Morgan fingerprint density at radius 1 is 0.826 bits per heavy atom. The average Bonchev–Trinajstić information content (AvgIpc) is 2.80. The van der Waals surface area contributed by atoms with Crippen LogP contribution in [0.5, 0.6) is 5.88 Å². The Labute approximate surface area is 133 Å². The van der Waals surface area contributed by atoms with E-state index >= 15 is 0 Å². The molecule has 0 aliphatic carbocycles. The highest BCUT2D eigenvalue weighted by molar-refractivity contribution is 5.77. The zero-order valence-electron chi connectivity index (χ0n) is 12.4. The summed E-state index contributed by atoms with van der Waals surface area (Å²) >= 11 is 0. The molecule has 1 aromatic heterocycles. The van der Waals surface area contributed by atoms with E-state index in [0.717, 1.165) is 11.1 Å². The second kappa shape index (κ2) is 6.36. The molecule has 0 fully saturated rings. The van der Waals surface area contributed by atoms with Crippen molar-refractivity contribution in [1.82, 2.24) is 9.36 Å². The molecule has 0 saturated carbocycles. The third kappa shape index (κ3) is 2.94. The lowest BCUT2D eigenvalue weighted by Crippen LogP contribution is -2.25. The maximum Gasteiger partial charge on any atom is 0.281 e. The monoisotopic (exact) mass is 308 g/mol. The van der Waals surface area contributed by atoms with Crippen molar-refractivity contribution in [2.45, 2.75) is 13.1 Å². The first-order chi connectivity index (χ1) is 11.2. The summed E-state index contributed by atoms with van der Waals surface area (Å²) in [6.07, 6.45) is 0.403. The van der Waals surface area contributed by atoms with Gasteiger partial charge in [0.05, 0.1) is 13.1 Å². The molecule has 0 atom stereocenters. The minimum atomic E-state index is -0.489. The second-order valence-electron chi connectivity index (χ2n) is 5.25. The predicted molar refractivity (Wildman–Crippen MR) is 86.8 cm³/mol. The predicted octanol–water partition coefficient (Wildman–Crippen LogP) is 2.26. The van der Waals surface area contributed by atoms with E-state index in [-0.39, 0.29) is 18.0 Å². The van der Waals surface area contributed by atoms with Crippen LogP contribution in [0.3, 0.4) is 0 Å². The van der Waals surface area contributed by atoms with Gasteiger partial charge in [-0.3, -0.25) is 9.59 Å². The lowest BCUT2D eigenvalue weighted by molar-refractivity contribution is 0.111. The van der Waals surface area contributed by atoms with Crippen molar-refractivity contribution in [3.63, 3.8) is 0 Å². The zero-order chi connectivity index (χ0) is 16.2. The summed E-state index contributed by atoms with van der Waals surface area (Å²) < 4.78 is 2.83. The number of aldehydes is 1. The summed E-state index contributed by atoms with van der Waals surface area (Å²) in [6.45, 7) is 0.594. The average molecular weight is 308 g/mol. The van der Waals surface area contributed by atoms with Crippen LogP contribution in [-0.2, 0) is 13.1 Å². The van der Waals surface area contributed by atoms with E-state index in [0.29, 0.717) is 12.8 Å². The standard InChI is InChI=1S/C18H16N2O3/c21-13-16-17(22)19(11-14-7-3-1-4-8-14)20(18(16)23)12-15-9-5-2-6-10-15/h1-10,13,22H,11-12H2. The molecule has 3 rings (SSSR count). The molecular formula is C18H16N2O3. The normalized spacial score (nSPS) is 10.6.